The number of ketones is 1. The zero-order chi connectivity index (χ0) is 26.2. The second-order valence-corrected chi connectivity index (χ2v) is 12.2. The Hall–Kier alpha value is -0.720. The van der Waals surface area contributed by atoms with Crippen molar-refractivity contribution in [3.63, 3.8) is 0 Å². The number of benzene rings is 1. The van der Waals surface area contributed by atoms with E-state index in [9.17, 15) is 35.2 Å². The Labute approximate surface area is 223 Å². The molecule has 2 fully saturated rings. The highest BCUT2D eigenvalue weighted by atomic mass is 35.5. The highest BCUT2D eigenvalue weighted by molar-refractivity contribution is 7.89. The number of alkyl halides is 5. The number of sulfonamides is 1. The summed E-state index contributed by atoms with van der Waals surface area (Å²) in [4.78, 5) is 14.9. The molecule has 1 saturated carbocycles. The van der Waals surface area contributed by atoms with Crippen LogP contribution in [0.3, 0.4) is 0 Å². The normalized spacial score (nSPS) is 21.1. The summed E-state index contributed by atoms with van der Waals surface area (Å²) < 4.78 is 92.7. The third kappa shape index (κ3) is 7.02. The quantitative estimate of drug-likeness (QED) is 0.271. The fraction of sp³-hybridized carbons (Fsp3) is 0.682. The van der Waals surface area contributed by atoms with Crippen LogP contribution in [0.1, 0.15) is 61.4 Å². The highest BCUT2D eigenvalue weighted by Crippen LogP contribution is 2.45. The number of nitrogens with zero attached hydrogens (tertiary/aromatic N) is 2. The number of halogens is 8. The Balaban J connectivity index is 0.00000456. The predicted octanol–water partition coefficient (Wildman–Crippen LogP) is 6.31. The number of rotatable bonds is 7. The van der Waals surface area contributed by atoms with E-state index < -0.39 is 49.1 Å². The molecule has 36 heavy (non-hydrogen) atoms. The van der Waals surface area contributed by atoms with E-state index in [1.807, 2.05) is 4.90 Å². The lowest BCUT2D eigenvalue weighted by Crippen LogP contribution is -2.60. The summed E-state index contributed by atoms with van der Waals surface area (Å²) in [6.45, 7) is 2.66. The molecule has 2 aliphatic rings. The first-order valence-electron chi connectivity index (χ1n) is 11.3. The van der Waals surface area contributed by atoms with Gasteiger partial charge in [0.05, 0.1) is 26.9 Å². The fourth-order valence-corrected chi connectivity index (χ4v) is 6.69. The zero-order valence-electron chi connectivity index (χ0n) is 19.5. The van der Waals surface area contributed by atoms with Gasteiger partial charge in [0, 0.05) is 51.0 Å². The average molecular weight is 602 g/mol. The van der Waals surface area contributed by atoms with Gasteiger partial charge in [0.1, 0.15) is 0 Å². The van der Waals surface area contributed by atoms with Gasteiger partial charge in [-0.2, -0.15) is 17.5 Å². The van der Waals surface area contributed by atoms with Crippen molar-refractivity contribution in [2.24, 2.45) is 0 Å². The van der Waals surface area contributed by atoms with Crippen LogP contribution < -0.4 is 0 Å². The van der Waals surface area contributed by atoms with Crippen LogP contribution in [0.2, 0.25) is 10.0 Å². The summed E-state index contributed by atoms with van der Waals surface area (Å²) in [6.07, 6.45) is -5.16. The second-order valence-electron chi connectivity index (χ2n) is 9.10. The molecule has 0 amide bonds. The van der Waals surface area contributed by atoms with E-state index in [0.717, 1.165) is 0 Å². The van der Waals surface area contributed by atoms with Gasteiger partial charge in [-0.3, -0.25) is 9.69 Å². The Kier molecular flexibility index (Phi) is 10.1. The Bertz CT molecular complexity index is 1030. The van der Waals surface area contributed by atoms with E-state index in [4.69, 9.17) is 23.2 Å². The van der Waals surface area contributed by atoms with Crippen LogP contribution in [0.5, 0.6) is 0 Å². The van der Waals surface area contributed by atoms with Crippen LogP contribution in [-0.2, 0) is 16.2 Å². The van der Waals surface area contributed by atoms with Gasteiger partial charge in [0.25, 0.3) is 0 Å². The van der Waals surface area contributed by atoms with E-state index in [-0.39, 0.29) is 75.3 Å². The van der Waals surface area contributed by atoms with Crippen molar-refractivity contribution in [2.75, 3.05) is 31.9 Å². The monoisotopic (exact) mass is 600 g/mol. The molecular formula is C22H28Cl3F5N2O3S. The van der Waals surface area contributed by atoms with E-state index in [0.29, 0.717) is 25.2 Å². The van der Waals surface area contributed by atoms with Gasteiger partial charge in [-0.15, -0.1) is 12.4 Å². The summed E-state index contributed by atoms with van der Waals surface area (Å²) in [6, 6.07) is 1.29. The molecule has 3 rings (SSSR count). The van der Waals surface area contributed by atoms with E-state index in [1.165, 1.54) is 4.31 Å². The van der Waals surface area contributed by atoms with Crippen LogP contribution in [0.25, 0.3) is 0 Å². The molecule has 5 nitrogen and oxygen atoms in total. The third-order valence-electron chi connectivity index (χ3n) is 7.05. The van der Waals surface area contributed by atoms with Crippen molar-refractivity contribution in [3.05, 3.63) is 33.3 Å². The SMILES string of the molecule is CCS(=O)(=O)N1CCN(C2(CCC(=O)c3c(Cl)cc(C(F)(F)F)cc3Cl)CCC(F)(F)CC2)CC1.Cl. The molecule has 0 bridgehead atoms. The molecule has 14 heteroatoms. The van der Waals surface area contributed by atoms with Gasteiger partial charge in [-0.1, -0.05) is 23.2 Å². The molecule has 1 aromatic rings. The summed E-state index contributed by atoms with van der Waals surface area (Å²) in [7, 11) is -3.38. The first-order valence-corrected chi connectivity index (χ1v) is 13.7. The van der Waals surface area contributed by atoms with E-state index in [1.54, 1.807) is 6.92 Å². The Morgan fingerprint density at radius 3 is 1.94 bits per heavy atom. The zero-order valence-corrected chi connectivity index (χ0v) is 22.7. The summed E-state index contributed by atoms with van der Waals surface area (Å²) in [5.41, 5.74) is -2.06. The van der Waals surface area contributed by atoms with Gasteiger partial charge in [0.15, 0.2) is 5.78 Å². The molecule has 0 spiro atoms. The number of carbonyl (C=O) groups excluding carboxylic acids is 1. The molecule has 1 heterocycles. The number of hydrogen-bond acceptors (Lipinski definition) is 4. The second kappa shape index (κ2) is 11.6. The van der Waals surface area contributed by atoms with Gasteiger partial charge in [0.2, 0.25) is 15.9 Å². The lowest BCUT2D eigenvalue weighted by atomic mass is 9.74. The number of piperazine rings is 1. The molecule has 0 atom stereocenters. The van der Waals surface area contributed by atoms with Crippen molar-refractivity contribution in [3.8, 4) is 0 Å². The molecule has 206 valence electrons. The summed E-state index contributed by atoms with van der Waals surface area (Å²) in [5.74, 6) is -3.42. The van der Waals surface area contributed by atoms with Crippen molar-refractivity contribution < 1.29 is 35.2 Å². The predicted molar refractivity (Wildman–Crippen MR) is 131 cm³/mol. The van der Waals surface area contributed by atoms with Crippen LogP contribution in [0.4, 0.5) is 22.0 Å². The van der Waals surface area contributed by atoms with Crippen molar-refractivity contribution in [1.29, 1.82) is 0 Å². The number of hydrogen-bond donors (Lipinski definition) is 0. The molecule has 0 N–H and O–H groups in total. The minimum atomic E-state index is -4.68. The topological polar surface area (TPSA) is 57.7 Å². The lowest BCUT2D eigenvalue weighted by Gasteiger charge is -2.51. The van der Waals surface area contributed by atoms with Crippen molar-refractivity contribution in [2.45, 2.75) is 63.1 Å². The lowest BCUT2D eigenvalue weighted by molar-refractivity contribution is -0.137. The van der Waals surface area contributed by atoms with Crippen LogP contribution in [-0.4, -0.2) is 66.8 Å². The smallest absolute Gasteiger partial charge is 0.295 e. The average Bonchev–Trinajstić information content (AvgIpc) is 2.78. The molecule has 1 aliphatic carbocycles. The largest absolute Gasteiger partial charge is 0.416 e. The fourth-order valence-electron chi connectivity index (χ4n) is 4.90. The Morgan fingerprint density at radius 1 is 1.00 bits per heavy atom. The first-order chi connectivity index (χ1) is 16.1. The van der Waals surface area contributed by atoms with Crippen LogP contribution >= 0.6 is 35.6 Å². The van der Waals surface area contributed by atoms with Crippen LogP contribution in [0.15, 0.2) is 12.1 Å². The first kappa shape index (κ1) is 31.5. The Morgan fingerprint density at radius 2 is 1.50 bits per heavy atom. The van der Waals surface area contributed by atoms with Crippen LogP contribution in [0, 0.1) is 0 Å². The standard InChI is InChI=1S/C22H27Cl2F5N2O3S.ClH/c1-2-35(33,34)31-11-9-30(10-12-31)20(5-7-21(25,26)8-6-20)4-3-18(32)19-16(23)13-15(14-17(19)24)22(27,28)29;/h13-14H,2-12H2,1H3;1H. The minimum Gasteiger partial charge on any atom is -0.295 e. The molecule has 1 aliphatic heterocycles. The van der Waals surface area contributed by atoms with Crippen molar-refractivity contribution in [1.82, 2.24) is 9.21 Å². The van der Waals surface area contributed by atoms with Gasteiger partial charge < -0.3 is 0 Å². The maximum Gasteiger partial charge on any atom is 0.416 e. The summed E-state index contributed by atoms with van der Waals surface area (Å²) in [5, 5.41) is -0.838. The van der Waals surface area contributed by atoms with Gasteiger partial charge in [-0.05, 0) is 38.3 Å². The maximum absolute atomic E-state index is 14.0. The van der Waals surface area contributed by atoms with Gasteiger partial charge in [-0.25, -0.2) is 17.2 Å². The number of Topliss-reactive ketones (excluding diaryl/α,β-unsaturated/α-hetero) is 1. The van der Waals surface area contributed by atoms with Crippen molar-refractivity contribution >= 4 is 51.4 Å². The minimum absolute atomic E-state index is 0. The number of carbonyl (C=O) groups is 1. The summed E-state index contributed by atoms with van der Waals surface area (Å²) >= 11 is 11.9. The maximum atomic E-state index is 14.0. The molecule has 0 aromatic heterocycles. The molecular weight excluding hydrogens is 574 g/mol. The van der Waals surface area contributed by atoms with Gasteiger partial charge >= 0.3 is 6.18 Å². The third-order valence-corrected chi connectivity index (χ3v) is 9.52. The molecule has 1 saturated heterocycles. The highest BCUT2D eigenvalue weighted by Gasteiger charge is 2.47. The molecule has 0 unspecified atom stereocenters. The molecule has 1 aromatic carbocycles. The van der Waals surface area contributed by atoms with E-state index in [2.05, 4.69) is 0 Å². The molecule has 0 radical (unpaired) electrons. The van der Waals surface area contributed by atoms with E-state index >= 15 is 0 Å².